The van der Waals surface area contributed by atoms with Crippen LogP contribution in [-0.2, 0) is 0 Å². The molecule has 1 heterocycles. The molecule has 0 unspecified atom stereocenters. The van der Waals surface area contributed by atoms with Gasteiger partial charge in [0.05, 0.1) is 0 Å². The minimum absolute atomic E-state index is 0.106. The van der Waals surface area contributed by atoms with Gasteiger partial charge in [-0.15, -0.1) is 0 Å². The zero-order valence-electron chi connectivity index (χ0n) is 9.20. The molecule has 2 amide bonds. The number of aromatic nitrogens is 2. The van der Waals surface area contributed by atoms with Crippen LogP contribution in [0.2, 0.25) is 0 Å². The molecule has 0 aliphatic rings. The topological polar surface area (TPSA) is 70.2 Å². The number of carbonyl (C=O) groups is 1. The van der Waals surface area contributed by atoms with E-state index in [9.17, 15) is 4.79 Å². The molecule has 0 aromatic carbocycles. The molecule has 1 aromatic rings. The van der Waals surface area contributed by atoms with Crippen molar-refractivity contribution in [2.24, 2.45) is 0 Å². The summed E-state index contributed by atoms with van der Waals surface area (Å²) in [6.45, 7) is 1.13. The van der Waals surface area contributed by atoms with Crippen molar-refractivity contribution >= 4 is 34.6 Å². The molecule has 7 heteroatoms. The summed E-state index contributed by atoms with van der Waals surface area (Å²) in [5.41, 5.74) is 0. The highest BCUT2D eigenvalue weighted by Gasteiger charge is 2.01. The van der Waals surface area contributed by atoms with Gasteiger partial charge < -0.3 is 15.5 Å². The van der Waals surface area contributed by atoms with Gasteiger partial charge in [-0.3, -0.25) is 0 Å². The Morgan fingerprint density at radius 3 is 2.56 bits per heavy atom. The van der Waals surface area contributed by atoms with E-state index in [1.54, 1.807) is 26.5 Å². The summed E-state index contributed by atoms with van der Waals surface area (Å²) in [5.74, 6) is 0.569. The summed E-state index contributed by atoms with van der Waals surface area (Å²) in [5, 5.41) is 5.74. The Morgan fingerprint density at radius 2 is 2.00 bits per heavy atom. The van der Waals surface area contributed by atoms with Gasteiger partial charge in [0.25, 0.3) is 0 Å². The second-order valence-corrected chi connectivity index (χ2v) is 4.52. The van der Waals surface area contributed by atoms with E-state index in [-0.39, 0.29) is 6.03 Å². The van der Waals surface area contributed by atoms with Crippen LogP contribution in [0, 0.1) is 3.57 Å². The number of nitrogens with zero attached hydrogens (tertiary/aromatic N) is 3. The van der Waals surface area contributed by atoms with Crippen molar-refractivity contribution in [3.8, 4) is 0 Å². The van der Waals surface area contributed by atoms with E-state index < -0.39 is 0 Å². The molecule has 2 N–H and O–H groups in total. The third-order valence-corrected chi connectivity index (χ3v) is 2.27. The van der Waals surface area contributed by atoms with Gasteiger partial charge in [-0.05, 0) is 22.6 Å². The maximum atomic E-state index is 11.2. The predicted molar refractivity (Wildman–Crippen MR) is 70.3 cm³/mol. The fourth-order valence-electron chi connectivity index (χ4n) is 0.905. The van der Waals surface area contributed by atoms with Crippen LogP contribution >= 0.6 is 22.6 Å². The summed E-state index contributed by atoms with van der Waals surface area (Å²) in [6, 6.07) is -0.106. The van der Waals surface area contributed by atoms with Gasteiger partial charge in [0.1, 0.15) is 0 Å². The van der Waals surface area contributed by atoms with E-state index in [1.165, 1.54) is 4.90 Å². The first-order chi connectivity index (χ1) is 7.59. The number of rotatable bonds is 4. The Bertz CT molecular complexity index is 340. The molecule has 88 valence electrons. The second kappa shape index (κ2) is 6.46. The average Bonchev–Trinajstić information content (AvgIpc) is 2.26. The lowest BCUT2D eigenvalue weighted by Crippen LogP contribution is -2.37. The summed E-state index contributed by atoms with van der Waals surface area (Å²) >= 11 is 2.14. The van der Waals surface area contributed by atoms with Gasteiger partial charge >= 0.3 is 6.03 Å². The average molecular weight is 335 g/mol. The number of amides is 2. The SMILES string of the molecule is CN(C)C(=O)NCCNc1ncc(I)cn1. The first-order valence-electron chi connectivity index (χ1n) is 4.76. The Kier molecular flexibility index (Phi) is 5.23. The molecular weight excluding hydrogens is 321 g/mol. The molecule has 0 bridgehead atoms. The largest absolute Gasteiger partial charge is 0.352 e. The van der Waals surface area contributed by atoms with Crippen LogP contribution in [0.3, 0.4) is 0 Å². The standard InChI is InChI=1S/C9H14IN5O/c1-15(2)9(16)12-4-3-11-8-13-5-7(10)6-14-8/h5-6H,3-4H2,1-2H3,(H,12,16)(H,11,13,14). The summed E-state index contributed by atoms with van der Waals surface area (Å²) in [7, 11) is 3.40. The van der Waals surface area contributed by atoms with Crippen molar-refractivity contribution in [2.75, 3.05) is 32.5 Å². The van der Waals surface area contributed by atoms with E-state index >= 15 is 0 Å². The van der Waals surface area contributed by atoms with Crippen LogP contribution in [0.15, 0.2) is 12.4 Å². The van der Waals surface area contributed by atoms with E-state index in [0.717, 1.165) is 3.57 Å². The highest BCUT2D eigenvalue weighted by molar-refractivity contribution is 14.1. The highest BCUT2D eigenvalue weighted by atomic mass is 127. The Balaban J connectivity index is 2.21. The van der Waals surface area contributed by atoms with Gasteiger partial charge in [-0.1, -0.05) is 0 Å². The fraction of sp³-hybridized carbons (Fsp3) is 0.444. The Morgan fingerprint density at radius 1 is 1.38 bits per heavy atom. The number of anilines is 1. The van der Waals surface area contributed by atoms with Crippen molar-refractivity contribution in [2.45, 2.75) is 0 Å². The van der Waals surface area contributed by atoms with E-state index in [2.05, 4.69) is 43.2 Å². The summed E-state index contributed by atoms with van der Waals surface area (Å²) in [4.78, 5) is 20.8. The van der Waals surface area contributed by atoms with Gasteiger partial charge in [-0.2, -0.15) is 0 Å². The van der Waals surface area contributed by atoms with E-state index in [4.69, 9.17) is 0 Å². The zero-order chi connectivity index (χ0) is 12.0. The van der Waals surface area contributed by atoms with Crippen LogP contribution < -0.4 is 10.6 Å². The number of urea groups is 1. The molecule has 0 saturated carbocycles. The molecule has 0 aliphatic carbocycles. The number of hydrogen-bond acceptors (Lipinski definition) is 4. The first kappa shape index (κ1) is 12.9. The van der Waals surface area contributed by atoms with Gasteiger partial charge in [0.15, 0.2) is 0 Å². The van der Waals surface area contributed by atoms with Crippen molar-refractivity contribution in [3.63, 3.8) is 0 Å². The highest BCUT2D eigenvalue weighted by Crippen LogP contribution is 2.01. The summed E-state index contributed by atoms with van der Waals surface area (Å²) < 4.78 is 0.990. The zero-order valence-corrected chi connectivity index (χ0v) is 11.4. The van der Waals surface area contributed by atoms with Crippen molar-refractivity contribution < 1.29 is 4.79 Å². The van der Waals surface area contributed by atoms with Crippen LogP contribution in [-0.4, -0.2) is 48.1 Å². The number of nitrogens with one attached hydrogen (secondary N) is 2. The van der Waals surface area contributed by atoms with Gasteiger partial charge in [0, 0.05) is 43.1 Å². The molecule has 0 radical (unpaired) electrons. The molecule has 0 aliphatic heterocycles. The maximum absolute atomic E-state index is 11.2. The van der Waals surface area contributed by atoms with E-state index in [0.29, 0.717) is 19.0 Å². The maximum Gasteiger partial charge on any atom is 0.316 e. The second-order valence-electron chi connectivity index (χ2n) is 3.28. The van der Waals surface area contributed by atoms with Crippen LogP contribution in [0.4, 0.5) is 10.7 Å². The molecule has 1 rings (SSSR count). The normalized spacial score (nSPS) is 9.69. The van der Waals surface area contributed by atoms with E-state index in [1.807, 2.05) is 0 Å². The lowest BCUT2D eigenvalue weighted by Gasteiger charge is -2.11. The first-order valence-corrected chi connectivity index (χ1v) is 5.84. The Labute approximate surface area is 108 Å². The molecule has 0 spiro atoms. The molecule has 0 fully saturated rings. The number of halogens is 1. The fourth-order valence-corrected chi connectivity index (χ4v) is 1.18. The van der Waals surface area contributed by atoms with Crippen LogP contribution in [0.25, 0.3) is 0 Å². The summed E-state index contributed by atoms with van der Waals surface area (Å²) in [6.07, 6.45) is 3.46. The molecule has 1 aromatic heterocycles. The Hall–Kier alpha value is -1.12. The lowest BCUT2D eigenvalue weighted by atomic mass is 10.6. The van der Waals surface area contributed by atoms with Crippen molar-refractivity contribution in [3.05, 3.63) is 16.0 Å². The third kappa shape index (κ3) is 4.60. The minimum atomic E-state index is -0.106. The van der Waals surface area contributed by atoms with Gasteiger partial charge in [-0.25, -0.2) is 14.8 Å². The predicted octanol–water partition coefficient (Wildman–Crippen LogP) is 0.764. The van der Waals surface area contributed by atoms with Crippen LogP contribution in [0.1, 0.15) is 0 Å². The molecular formula is C9H14IN5O. The van der Waals surface area contributed by atoms with Crippen molar-refractivity contribution in [1.29, 1.82) is 0 Å². The van der Waals surface area contributed by atoms with Crippen molar-refractivity contribution in [1.82, 2.24) is 20.2 Å². The quantitative estimate of drug-likeness (QED) is 0.630. The molecule has 0 atom stereocenters. The monoisotopic (exact) mass is 335 g/mol. The molecule has 0 saturated heterocycles. The lowest BCUT2D eigenvalue weighted by molar-refractivity contribution is 0.218. The third-order valence-electron chi connectivity index (χ3n) is 1.71. The number of carbonyl (C=O) groups excluding carboxylic acids is 1. The van der Waals surface area contributed by atoms with Crippen LogP contribution in [0.5, 0.6) is 0 Å². The van der Waals surface area contributed by atoms with Gasteiger partial charge in [0.2, 0.25) is 5.95 Å². The molecule has 16 heavy (non-hydrogen) atoms. The number of hydrogen-bond donors (Lipinski definition) is 2. The smallest absolute Gasteiger partial charge is 0.316 e. The minimum Gasteiger partial charge on any atom is -0.352 e. The molecule has 6 nitrogen and oxygen atoms in total.